The fourth-order valence-electron chi connectivity index (χ4n) is 9.84. The van der Waals surface area contributed by atoms with Gasteiger partial charge in [-0.3, -0.25) is 0 Å². The Balaban J connectivity index is 1.31. The summed E-state index contributed by atoms with van der Waals surface area (Å²) < 4.78 is 13.8. The van der Waals surface area contributed by atoms with E-state index in [9.17, 15) is 0 Å². The van der Waals surface area contributed by atoms with Crippen LogP contribution in [0.15, 0.2) is 11.6 Å². The average molecular weight is 515 g/mol. The lowest BCUT2D eigenvalue weighted by Gasteiger charge is -2.58. The van der Waals surface area contributed by atoms with Crippen molar-refractivity contribution in [2.45, 2.75) is 150 Å². The van der Waals surface area contributed by atoms with Crippen molar-refractivity contribution < 1.29 is 9.16 Å². The standard InChI is InChI=1S/C33H58O2Si/c1-21(2)11-14-28-22(3)30-29(34-28)20-27-25-13-12-23-19-24(35-36(9,10)31(4,5)6)15-17-32(23,7)26(25)16-18-33(27,30)8/h12,21-22,24-30H,11,13-20H2,1-10H3/t22-,24+,25-,26+,27+,28-,29+,30+,32+,33+/m1/s1. The van der Waals surface area contributed by atoms with Crippen LogP contribution in [0.3, 0.4) is 0 Å². The molecular formula is C33H58O2Si. The number of ether oxygens (including phenoxy) is 1. The molecule has 4 fully saturated rings. The van der Waals surface area contributed by atoms with E-state index in [4.69, 9.17) is 9.16 Å². The molecule has 1 aliphatic heterocycles. The molecule has 0 aromatic rings. The first-order valence-corrected chi connectivity index (χ1v) is 18.6. The second kappa shape index (κ2) is 9.22. The second-order valence-corrected chi connectivity index (χ2v) is 21.1. The Morgan fingerprint density at radius 2 is 1.83 bits per heavy atom. The van der Waals surface area contributed by atoms with E-state index in [1.165, 1.54) is 57.8 Å². The van der Waals surface area contributed by atoms with Crippen LogP contribution >= 0.6 is 0 Å². The summed E-state index contributed by atoms with van der Waals surface area (Å²) in [5.41, 5.74) is 2.66. The maximum atomic E-state index is 6.95. The van der Waals surface area contributed by atoms with E-state index >= 15 is 0 Å². The molecule has 0 N–H and O–H groups in total. The molecule has 206 valence electrons. The molecule has 1 saturated heterocycles. The summed E-state index contributed by atoms with van der Waals surface area (Å²) in [7, 11) is -1.71. The lowest BCUT2D eigenvalue weighted by Crippen LogP contribution is -2.52. The van der Waals surface area contributed by atoms with Gasteiger partial charge >= 0.3 is 0 Å². The minimum absolute atomic E-state index is 0.293. The monoisotopic (exact) mass is 514 g/mol. The SMILES string of the molecule is CC(C)CC[C@H]1O[C@H]2C[C@H]3[C@@H]4CC=C5C[C@@H](O[Si](C)(C)C(C)(C)C)CC[C@]5(C)[C@H]4CC[C@]3(C)[C@H]2[C@@H]1C. The van der Waals surface area contributed by atoms with Gasteiger partial charge in [0, 0.05) is 6.10 Å². The summed E-state index contributed by atoms with van der Waals surface area (Å²) in [6.07, 6.45) is 16.1. The van der Waals surface area contributed by atoms with Crippen LogP contribution in [-0.4, -0.2) is 26.6 Å². The molecule has 36 heavy (non-hydrogen) atoms. The molecule has 0 unspecified atom stereocenters. The second-order valence-electron chi connectivity index (χ2n) is 16.4. The Morgan fingerprint density at radius 3 is 2.50 bits per heavy atom. The molecule has 10 atom stereocenters. The zero-order valence-electron chi connectivity index (χ0n) is 25.5. The van der Waals surface area contributed by atoms with Crippen LogP contribution in [0.25, 0.3) is 0 Å². The lowest BCUT2D eigenvalue weighted by molar-refractivity contribution is -0.0582. The molecule has 5 rings (SSSR count). The molecular weight excluding hydrogens is 456 g/mol. The third-order valence-electron chi connectivity index (χ3n) is 12.9. The molecule has 0 bridgehead atoms. The van der Waals surface area contributed by atoms with Gasteiger partial charge in [0.1, 0.15) is 0 Å². The van der Waals surface area contributed by atoms with Crippen LogP contribution in [0.1, 0.15) is 113 Å². The molecule has 0 radical (unpaired) electrons. The third kappa shape index (κ3) is 4.34. The molecule has 0 spiro atoms. The van der Waals surface area contributed by atoms with Crippen LogP contribution in [-0.2, 0) is 9.16 Å². The van der Waals surface area contributed by atoms with Crippen LogP contribution in [0.5, 0.6) is 0 Å². The van der Waals surface area contributed by atoms with Crippen LogP contribution in [0, 0.1) is 46.3 Å². The normalized spacial score (nSPS) is 46.7. The van der Waals surface area contributed by atoms with Gasteiger partial charge in [-0.2, -0.15) is 0 Å². The predicted molar refractivity (Wildman–Crippen MR) is 155 cm³/mol. The third-order valence-corrected chi connectivity index (χ3v) is 17.5. The Labute approximate surface area is 224 Å². The van der Waals surface area contributed by atoms with Gasteiger partial charge in [0.15, 0.2) is 8.32 Å². The first-order valence-electron chi connectivity index (χ1n) is 15.7. The van der Waals surface area contributed by atoms with Crippen molar-refractivity contribution in [3.63, 3.8) is 0 Å². The van der Waals surface area contributed by atoms with Crippen molar-refractivity contribution in [3.8, 4) is 0 Å². The van der Waals surface area contributed by atoms with Gasteiger partial charge in [-0.25, -0.2) is 0 Å². The molecule has 5 aliphatic rings. The largest absolute Gasteiger partial charge is 0.414 e. The molecule has 3 saturated carbocycles. The quantitative estimate of drug-likeness (QED) is 0.269. The Kier molecular flexibility index (Phi) is 7.03. The number of hydrogen-bond acceptors (Lipinski definition) is 2. The highest BCUT2D eigenvalue weighted by Gasteiger charge is 2.65. The molecule has 2 nitrogen and oxygen atoms in total. The Bertz CT molecular complexity index is 854. The predicted octanol–water partition coefficient (Wildman–Crippen LogP) is 9.41. The highest BCUT2D eigenvalue weighted by atomic mass is 28.4. The van der Waals surface area contributed by atoms with E-state index in [1.807, 2.05) is 0 Å². The van der Waals surface area contributed by atoms with Crippen LogP contribution < -0.4 is 0 Å². The first-order chi connectivity index (χ1) is 16.7. The summed E-state index contributed by atoms with van der Waals surface area (Å²) >= 11 is 0. The maximum absolute atomic E-state index is 6.95. The van der Waals surface area contributed by atoms with Crippen molar-refractivity contribution in [2.75, 3.05) is 0 Å². The van der Waals surface area contributed by atoms with Crippen molar-refractivity contribution in [2.24, 2.45) is 46.3 Å². The fourth-order valence-corrected chi connectivity index (χ4v) is 11.2. The van der Waals surface area contributed by atoms with Gasteiger partial charge in [-0.1, -0.05) is 67.0 Å². The van der Waals surface area contributed by atoms with Crippen molar-refractivity contribution in [3.05, 3.63) is 11.6 Å². The number of allylic oxidation sites excluding steroid dienone is 1. The first kappa shape index (κ1) is 27.4. The topological polar surface area (TPSA) is 18.5 Å². The molecule has 0 amide bonds. The van der Waals surface area contributed by atoms with E-state index < -0.39 is 8.32 Å². The molecule has 0 aromatic carbocycles. The number of hydrogen-bond donors (Lipinski definition) is 0. The van der Waals surface area contributed by atoms with Crippen LogP contribution in [0.4, 0.5) is 0 Å². The summed E-state index contributed by atoms with van der Waals surface area (Å²) in [4.78, 5) is 0. The van der Waals surface area contributed by atoms with Gasteiger partial charge in [-0.15, -0.1) is 0 Å². The summed E-state index contributed by atoms with van der Waals surface area (Å²) in [6.45, 7) is 24.6. The maximum Gasteiger partial charge on any atom is 0.192 e. The Hall–Kier alpha value is -0.123. The molecule has 1 heterocycles. The van der Waals surface area contributed by atoms with Crippen molar-refractivity contribution in [1.29, 1.82) is 0 Å². The number of fused-ring (bicyclic) bond motifs is 7. The lowest BCUT2D eigenvalue weighted by atomic mass is 9.47. The smallest absolute Gasteiger partial charge is 0.192 e. The average Bonchev–Trinajstić information content (AvgIpc) is 3.25. The van der Waals surface area contributed by atoms with Gasteiger partial charge in [0.05, 0.1) is 12.2 Å². The number of rotatable bonds is 5. The zero-order chi connectivity index (χ0) is 26.3. The summed E-state index contributed by atoms with van der Waals surface area (Å²) in [5, 5.41) is 0.293. The van der Waals surface area contributed by atoms with E-state index in [2.05, 4.69) is 74.6 Å². The summed E-state index contributed by atoms with van der Waals surface area (Å²) in [6, 6.07) is 0. The van der Waals surface area contributed by atoms with Gasteiger partial charge in [0.2, 0.25) is 0 Å². The zero-order valence-corrected chi connectivity index (χ0v) is 26.5. The highest BCUT2D eigenvalue weighted by molar-refractivity contribution is 6.74. The van der Waals surface area contributed by atoms with Crippen molar-refractivity contribution >= 4 is 8.32 Å². The molecule has 0 aromatic heterocycles. The van der Waals surface area contributed by atoms with Gasteiger partial charge in [-0.05, 0) is 122 Å². The van der Waals surface area contributed by atoms with E-state index in [1.54, 1.807) is 5.57 Å². The fraction of sp³-hybridized carbons (Fsp3) is 0.939. The van der Waals surface area contributed by atoms with E-state index in [-0.39, 0.29) is 0 Å². The van der Waals surface area contributed by atoms with Crippen molar-refractivity contribution in [1.82, 2.24) is 0 Å². The minimum Gasteiger partial charge on any atom is -0.414 e. The highest BCUT2D eigenvalue weighted by Crippen LogP contribution is 2.69. The summed E-state index contributed by atoms with van der Waals surface area (Å²) in [5.74, 6) is 4.89. The van der Waals surface area contributed by atoms with Crippen LogP contribution in [0.2, 0.25) is 18.1 Å². The van der Waals surface area contributed by atoms with Gasteiger partial charge in [0.25, 0.3) is 0 Å². The minimum atomic E-state index is -1.71. The van der Waals surface area contributed by atoms with E-state index in [0.29, 0.717) is 34.2 Å². The molecule has 3 heteroatoms. The van der Waals surface area contributed by atoms with Gasteiger partial charge < -0.3 is 9.16 Å². The molecule has 4 aliphatic carbocycles. The van der Waals surface area contributed by atoms with E-state index in [0.717, 1.165) is 35.5 Å². The Morgan fingerprint density at radius 1 is 1.11 bits per heavy atom.